The Morgan fingerprint density at radius 2 is 2.07 bits per heavy atom. The quantitative estimate of drug-likeness (QED) is 0.741. The minimum Gasteiger partial charge on any atom is -0.497 e. The zero-order chi connectivity index (χ0) is 19.1. The lowest BCUT2D eigenvalue weighted by Crippen LogP contribution is -2.36. The van der Waals surface area contributed by atoms with Crippen molar-refractivity contribution in [1.29, 1.82) is 0 Å². The van der Waals surface area contributed by atoms with E-state index in [4.69, 9.17) is 9.47 Å². The highest BCUT2D eigenvalue weighted by atomic mass is 16.5. The van der Waals surface area contributed by atoms with Crippen molar-refractivity contribution in [3.8, 4) is 11.5 Å². The molecule has 0 spiro atoms. The van der Waals surface area contributed by atoms with Gasteiger partial charge in [-0.15, -0.1) is 0 Å². The number of nitrogens with zero attached hydrogens (tertiary/aromatic N) is 1. The van der Waals surface area contributed by atoms with Crippen LogP contribution in [0, 0.1) is 13.8 Å². The fraction of sp³-hybridized carbons (Fsp3) is 0.318. The molecule has 1 aliphatic rings. The molecule has 4 rings (SSSR count). The second-order valence-corrected chi connectivity index (χ2v) is 7.19. The number of fused-ring (bicyclic) bond motifs is 2. The van der Waals surface area contributed by atoms with Crippen molar-refractivity contribution in [3.63, 3.8) is 0 Å². The highest BCUT2D eigenvalue weighted by Crippen LogP contribution is 2.31. The number of aromatic amines is 1. The van der Waals surface area contributed by atoms with Gasteiger partial charge in [0.05, 0.1) is 24.7 Å². The third kappa shape index (κ3) is 3.03. The molecule has 3 aromatic rings. The van der Waals surface area contributed by atoms with Gasteiger partial charge in [-0.1, -0.05) is 12.1 Å². The molecular formula is C22H24N2O3. The van der Waals surface area contributed by atoms with Gasteiger partial charge in [0.2, 0.25) is 0 Å². The third-order valence-corrected chi connectivity index (χ3v) is 5.30. The molecule has 0 radical (unpaired) electrons. The molecule has 0 saturated heterocycles. The molecule has 2 aromatic carbocycles. The van der Waals surface area contributed by atoms with Crippen LogP contribution in [-0.2, 0) is 6.54 Å². The number of para-hydroxylation sites is 1. The van der Waals surface area contributed by atoms with Gasteiger partial charge in [-0.2, -0.15) is 0 Å². The minimum absolute atomic E-state index is 0.0148. The van der Waals surface area contributed by atoms with Crippen molar-refractivity contribution in [1.82, 2.24) is 9.88 Å². The number of rotatable bonds is 2. The number of hydrogen-bond acceptors (Lipinski definition) is 3. The Labute approximate surface area is 158 Å². The van der Waals surface area contributed by atoms with Crippen LogP contribution in [0.3, 0.4) is 0 Å². The number of aromatic nitrogens is 1. The van der Waals surface area contributed by atoms with E-state index in [1.165, 1.54) is 5.56 Å². The summed E-state index contributed by atoms with van der Waals surface area (Å²) in [6, 6.07) is 11.7. The van der Waals surface area contributed by atoms with Crippen LogP contribution < -0.4 is 9.47 Å². The molecule has 27 heavy (non-hydrogen) atoms. The Bertz CT molecular complexity index is 1020. The summed E-state index contributed by atoms with van der Waals surface area (Å²) in [5.74, 6) is 1.55. The van der Waals surface area contributed by atoms with Gasteiger partial charge in [-0.05, 0) is 44.5 Å². The number of amides is 1. The lowest BCUT2D eigenvalue weighted by molar-refractivity contribution is 0.0692. The zero-order valence-electron chi connectivity index (χ0n) is 16.1. The molecule has 0 fully saturated rings. The van der Waals surface area contributed by atoms with Crippen molar-refractivity contribution in [2.24, 2.45) is 0 Å². The number of H-pyrrole nitrogens is 1. The smallest absolute Gasteiger partial charge is 0.256 e. The Kier molecular flexibility index (Phi) is 4.30. The van der Waals surface area contributed by atoms with Gasteiger partial charge in [0.25, 0.3) is 5.91 Å². The number of carbonyl (C=O) groups is 1. The molecule has 0 aliphatic carbocycles. The summed E-state index contributed by atoms with van der Waals surface area (Å²) in [5, 5.41) is 1.10. The number of ether oxygens (including phenoxy) is 2. The van der Waals surface area contributed by atoms with Gasteiger partial charge < -0.3 is 19.4 Å². The molecule has 1 N–H and O–H groups in total. The Hall–Kier alpha value is -2.95. The van der Waals surface area contributed by atoms with Gasteiger partial charge in [0, 0.05) is 29.3 Å². The van der Waals surface area contributed by atoms with Crippen LogP contribution in [0.1, 0.15) is 34.1 Å². The molecule has 2 heterocycles. The van der Waals surface area contributed by atoms with Gasteiger partial charge in [-0.25, -0.2) is 0 Å². The molecule has 0 bridgehead atoms. The Balaban J connectivity index is 1.72. The van der Waals surface area contributed by atoms with E-state index >= 15 is 0 Å². The van der Waals surface area contributed by atoms with E-state index in [1.54, 1.807) is 7.11 Å². The van der Waals surface area contributed by atoms with Crippen molar-refractivity contribution in [2.45, 2.75) is 33.4 Å². The standard InChI is InChI=1S/C22H24N2O3/c1-13-11-24(12-16-8-9-17(26-4)10-20(16)27-13)22(25)19-7-5-6-18-14(2)15(3)23-21(18)19/h5-10,13,23H,11-12H2,1-4H3/t13-/m0/s1. The van der Waals surface area contributed by atoms with Crippen LogP contribution in [0.25, 0.3) is 10.9 Å². The monoisotopic (exact) mass is 364 g/mol. The normalized spacial score (nSPS) is 16.6. The maximum atomic E-state index is 13.4. The summed E-state index contributed by atoms with van der Waals surface area (Å²) in [5.41, 5.74) is 4.87. The highest BCUT2D eigenvalue weighted by molar-refractivity contribution is 6.06. The van der Waals surface area contributed by atoms with Gasteiger partial charge in [0.15, 0.2) is 0 Å². The van der Waals surface area contributed by atoms with Crippen LogP contribution in [0.4, 0.5) is 0 Å². The average Bonchev–Trinajstić information content (AvgIpc) is 2.85. The summed E-state index contributed by atoms with van der Waals surface area (Å²) in [7, 11) is 1.64. The van der Waals surface area contributed by atoms with E-state index in [0.717, 1.165) is 33.7 Å². The highest BCUT2D eigenvalue weighted by Gasteiger charge is 2.26. The molecule has 1 atom stereocenters. The van der Waals surface area contributed by atoms with E-state index < -0.39 is 0 Å². The minimum atomic E-state index is -0.103. The van der Waals surface area contributed by atoms with Gasteiger partial charge >= 0.3 is 0 Å². The Morgan fingerprint density at radius 1 is 1.26 bits per heavy atom. The van der Waals surface area contributed by atoms with E-state index in [0.29, 0.717) is 18.7 Å². The largest absolute Gasteiger partial charge is 0.497 e. The lowest BCUT2D eigenvalue weighted by Gasteiger charge is -2.22. The first kappa shape index (κ1) is 17.5. The predicted octanol–water partition coefficient (Wildman–Crippen LogP) is 4.22. The molecule has 0 saturated carbocycles. The predicted molar refractivity (Wildman–Crippen MR) is 106 cm³/mol. The first-order chi connectivity index (χ1) is 13.0. The van der Waals surface area contributed by atoms with Gasteiger partial charge in [0.1, 0.15) is 17.6 Å². The first-order valence-electron chi connectivity index (χ1n) is 9.18. The second-order valence-electron chi connectivity index (χ2n) is 7.19. The third-order valence-electron chi connectivity index (χ3n) is 5.30. The molecular weight excluding hydrogens is 340 g/mol. The van der Waals surface area contributed by atoms with E-state index in [1.807, 2.05) is 49.1 Å². The molecule has 1 aromatic heterocycles. The summed E-state index contributed by atoms with van der Waals surface area (Å²) in [6.07, 6.45) is -0.103. The average molecular weight is 364 g/mol. The maximum Gasteiger partial charge on any atom is 0.256 e. The number of methoxy groups -OCH3 is 1. The SMILES string of the molecule is COc1ccc2c(c1)O[C@@H](C)CN(C(=O)c1cccc3c(C)c(C)[nH]c13)C2. The molecule has 5 nitrogen and oxygen atoms in total. The molecule has 1 amide bonds. The van der Waals surface area contributed by atoms with E-state index in [-0.39, 0.29) is 12.0 Å². The number of aryl methyl sites for hydroxylation is 2. The molecule has 140 valence electrons. The van der Waals surface area contributed by atoms with Crippen molar-refractivity contribution < 1.29 is 14.3 Å². The number of nitrogens with one attached hydrogen (secondary N) is 1. The fourth-order valence-corrected chi connectivity index (χ4v) is 3.72. The zero-order valence-corrected chi connectivity index (χ0v) is 16.1. The number of benzene rings is 2. The summed E-state index contributed by atoms with van der Waals surface area (Å²) < 4.78 is 11.3. The first-order valence-corrected chi connectivity index (χ1v) is 9.18. The van der Waals surface area contributed by atoms with E-state index in [2.05, 4.69) is 18.0 Å². The Morgan fingerprint density at radius 3 is 2.85 bits per heavy atom. The molecule has 0 unspecified atom stereocenters. The molecule has 5 heteroatoms. The van der Waals surface area contributed by atoms with Gasteiger partial charge in [-0.3, -0.25) is 4.79 Å². The van der Waals surface area contributed by atoms with Crippen LogP contribution >= 0.6 is 0 Å². The van der Waals surface area contributed by atoms with Crippen molar-refractivity contribution in [3.05, 3.63) is 58.8 Å². The lowest BCUT2D eigenvalue weighted by atomic mass is 10.1. The number of carbonyl (C=O) groups excluding carboxylic acids is 1. The van der Waals surface area contributed by atoms with E-state index in [9.17, 15) is 4.79 Å². The van der Waals surface area contributed by atoms with Crippen LogP contribution in [0.2, 0.25) is 0 Å². The fourth-order valence-electron chi connectivity index (χ4n) is 3.72. The van der Waals surface area contributed by atoms with Crippen LogP contribution in [0.15, 0.2) is 36.4 Å². The summed E-state index contributed by atoms with van der Waals surface area (Å²) >= 11 is 0. The number of hydrogen-bond donors (Lipinski definition) is 1. The van der Waals surface area contributed by atoms with Crippen LogP contribution in [-0.4, -0.2) is 35.5 Å². The molecule has 1 aliphatic heterocycles. The summed E-state index contributed by atoms with van der Waals surface area (Å²) in [4.78, 5) is 18.6. The second kappa shape index (κ2) is 6.65. The maximum absolute atomic E-state index is 13.4. The topological polar surface area (TPSA) is 54.6 Å². The summed E-state index contributed by atoms with van der Waals surface area (Å²) in [6.45, 7) is 7.14. The van der Waals surface area contributed by atoms with Crippen molar-refractivity contribution in [2.75, 3.05) is 13.7 Å². The van der Waals surface area contributed by atoms with Crippen molar-refractivity contribution >= 4 is 16.8 Å². The van der Waals surface area contributed by atoms with Crippen LogP contribution in [0.5, 0.6) is 11.5 Å².